The highest BCUT2D eigenvalue weighted by atomic mass is 16.3. The molecule has 0 saturated heterocycles. The fourth-order valence-corrected chi connectivity index (χ4v) is 2.71. The molecule has 1 fully saturated rings. The van der Waals surface area contributed by atoms with Crippen molar-refractivity contribution in [1.29, 1.82) is 0 Å². The smallest absolute Gasteiger partial charge is 0.224 e. The maximum absolute atomic E-state index is 9.58. The molecule has 1 aromatic heterocycles. The van der Waals surface area contributed by atoms with Crippen LogP contribution in [0.25, 0.3) is 0 Å². The van der Waals surface area contributed by atoms with Gasteiger partial charge in [-0.15, -0.1) is 0 Å². The monoisotopic (exact) mass is 314 g/mol. The van der Waals surface area contributed by atoms with Crippen LogP contribution >= 0.6 is 0 Å². The van der Waals surface area contributed by atoms with Crippen molar-refractivity contribution in [2.75, 3.05) is 16.1 Å². The van der Waals surface area contributed by atoms with E-state index in [1.807, 2.05) is 30.3 Å². The Morgan fingerprint density at radius 3 is 2.52 bits per heavy atom. The summed E-state index contributed by atoms with van der Waals surface area (Å²) >= 11 is 0. The van der Waals surface area contributed by atoms with Gasteiger partial charge in [-0.05, 0) is 37.8 Å². The summed E-state index contributed by atoms with van der Waals surface area (Å²) in [5.74, 6) is 6.71. The zero-order valence-corrected chi connectivity index (χ0v) is 12.9. The second-order valence-corrected chi connectivity index (χ2v) is 5.74. The Bertz CT molecular complexity index is 628. The van der Waals surface area contributed by atoms with Crippen molar-refractivity contribution in [3.8, 4) is 0 Å². The number of nitrogens with two attached hydrogens (primary N) is 1. The van der Waals surface area contributed by atoms with Gasteiger partial charge in [-0.2, -0.15) is 4.98 Å². The molecule has 1 aliphatic carbocycles. The highest BCUT2D eigenvalue weighted by molar-refractivity contribution is 5.70. The standard InChI is InChI=1S/C16H22N6O/c17-22-14-10-18-16(20-12-6-8-13(23)9-7-12)21-15(14)19-11-4-2-1-3-5-11/h1-5,10,12-13,22-23H,6-9,17H2,(H2,18,19,20,21). The van der Waals surface area contributed by atoms with Gasteiger partial charge in [0.1, 0.15) is 5.69 Å². The number of nitrogen functional groups attached to an aromatic ring is 1. The van der Waals surface area contributed by atoms with Crippen molar-refractivity contribution in [1.82, 2.24) is 9.97 Å². The van der Waals surface area contributed by atoms with Crippen LogP contribution in [0.4, 0.5) is 23.1 Å². The maximum Gasteiger partial charge on any atom is 0.224 e. The van der Waals surface area contributed by atoms with Gasteiger partial charge in [-0.3, -0.25) is 5.84 Å². The molecule has 0 unspecified atom stereocenters. The van der Waals surface area contributed by atoms with Crippen LogP contribution in [0, 0.1) is 0 Å². The molecule has 122 valence electrons. The van der Waals surface area contributed by atoms with E-state index in [9.17, 15) is 5.11 Å². The van der Waals surface area contributed by atoms with Gasteiger partial charge in [0.05, 0.1) is 12.3 Å². The number of aromatic nitrogens is 2. The fraction of sp³-hybridized carbons (Fsp3) is 0.375. The zero-order valence-electron chi connectivity index (χ0n) is 12.9. The Morgan fingerprint density at radius 2 is 1.83 bits per heavy atom. The summed E-state index contributed by atoms with van der Waals surface area (Å²) in [7, 11) is 0. The van der Waals surface area contributed by atoms with E-state index in [0.717, 1.165) is 31.4 Å². The van der Waals surface area contributed by atoms with Crippen LogP contribution in [-0.2, 0) is 0 Å². The van der Waals surface area contributed by atoms with Crippen LogP contribution in [0.1, 0.15) is 25.7 Å². The number of hydrazine groups is 1. The van der Waals surface area contributed by atoms with Gasteiger partial charge >= 0.3 is 0 Å². The number of aliphatic hydroxyl groups excluding tert-OH is 1. The molecular weight excluding hydrogens is 292 g/mol. The van der Waals surface area contributed by atoms with Crippen LogP contribution in [0.2, 0.25) is 0 Å². The minimum absolute atomic E-state index is 0.173. The number of hydrogen-bond acceptors (Lipinski definition) is 7. The topological polar surface area (TPSA) is 108 Å². The van der Waals surface area contributed by atoms with E-state index in [-0.39, 0.29) is 6.10 Å². The van der Waals surface area contributed by atoms with Crippen molar-refractivity contribution < 1.29 is 5.11 Å². The van der Waals surface area contributed by atoms with E-state index in [0.29, 0.717) is 23.5 Å². The van der Waals surface area contributed by atoms with Gasteiger partial charge in [-0.1, -0.05) is 18.2 Å². The lowest BCUT2D eigenvalue weighted by molar-refractivity contribution is 0.126. The van der Waals surface area contributed by atoms with Crippen molar-refractivity contribution in [3.05, 3.63) is 36.5 Å². The van der Waals surface area contributed by atoms with Crippen molar-refractivity contribution >= 4 is 23.1 Å². The molecule has 0 amide bonds. The Hall–Kier alpha value is -2.38. The van der Waals surface area contributed by atoms with Gasteiger partial charge in [0.15, 0.2) is 5.82 Å². The second-order valence-electron chi connectivity index (χ2n) is 5.74. The zero-order chi connectivity index (χ0) is 16.1. The summed E-state index contributed by atoms with van der Waals surface area (Å²) < 4.78 is 0. The molecule has 0 radical (unpaired) electrons. The number of hydrogen-bond donors (Lipinski definition) is 5. The first-order chi connectivity index (χ1) is 11.2. The van der Waals surface area contributed by atoms with E-state index < -0.39 is 0 Å². The van der Waals surface area contributed by atoms with Crippen LogP contribution in [-0.4, -0.2) is 27.2 Å². The lowest BCUT2D eigenvalue weighted by atomic mass is 9.93. The molecule has 7 nitrogen and oxygen atoms in total. The van der Waals surface area contributed by atoms with Crippen LogP contribution in [0.5, 0.6) is 0 Å². The SMILES string of the molecule is NNc1cnc(NC2CCC(O)CC2)nc1Nc1ccccc1. The quantitative estimate of drug-likeness (QED) is 0.425. The van der Waals surface area contributed by atoms with E-state index in [1.165, 1.54) is 0 Å². The third kappa shape index (κ3) is 4.08. The number of anilines is 4. The number of nitrogens with one attached hydrogen (secondary N) is 3. The first-order valence-electron chi connectivity index (χ1n) is 7.85. The Morgan fingerprint density at radius 1 is 1.09 bits per heavy atom. The molecule has 1 aromatic carbocycles. The third-order valence-electron chi connectivity index (χ3n) is 4.01. The lowest BCUT2D eigenvalue weighted by Gasteiger charge is -2.26. The largest absolute Gasteiger partial charge is 0.393 e. The molecule has 1 aliphatic rings. The van der Waals surface area contributed by atoms with Gasteiger partial charge in [0.25, 0.3) is 0 Å². The van der Waals surface area contributed by atoms with Crippen molar-refractivity contribution in [2.24, 2.45) is 5.84 Å². The van der Waals surface area contributed by atoms with Crippen molar-refractivity contribution in [3.63, 3.8) is 0 Å². The second kappa shape index (κ2) is 7.26. The average molecular weight is 314 g/mol. The van der Waals surface area contributed by atoms with Crippen molar-refractivity contribution in [2.45, 2.75) is 37.8 Å². The average Bonchev–Trinajstić information content (AvgIpc) is 2.58. The van der Waals surface area contributed by atoms with E-state index in [1.54, 1.807) is 6.20 Å². The molecule has 23 heavy (non-hydrogen) atoms. The van der Waals surface area contributed by atoms with Crippen LogP contribution < -0.4 is 21.9 Å². The fourth-order valence-electron chi connectivity index (χ4n) is 2.71. The summed E-state index contributed by atoms with van der Waals surface area (Å²) in [4.78, 5) is 8.81. The molecule has 0 atom stereocenters. The molecule has 0 spiro atoms. The minimum atomic E-state index is -0.173. The predicted molar refractivity (Wildman–Crippen MR) is 91.5 cm³/mol. The summed E-state index contributed by atoms with van der Waals surface area (Å²) in [5.41, 5.74) is 4.15. The molecule has 2 aromatic rings. The van der Waals surface area contributed by atoms with Crippen LogP contribution in [0.3, 0.4) is 0 Å². The minimum Gasteiger partial charge on any atom is -0.393 e. The number of nitrogens with zero attached hydrogens (tertiary/aromatic N) is 2. The molecule has 1 saturated carbocycles. The molecule has 0 bridgehead atoms. The summed E-state index contributed by atoms with van der Waals surface area (Å²) in [6, 6.07) is 10.1. The molecule has 6 N–H and O–H groups in total. The third-order valence-corrected chi connectivity index (χ3v) is 4.01. The predicted octanol–water partition coefficient (Wildman–Crippen LogP) is 2.22. The highest BCUT2D eigenvalue weighted by Gasteiger charge is 2.20. The molecular formula is C16H22N6O. The van der Waals surface area contributed by atoms with E-state index in [4.69, 9.17) is 5.84 Å². The van der Waals surface area contributed by atoms with E-state index >= 15 is 0 Å². The number of aliphatic hydroxyl groups is 1. The summed E-state index contributed by atoms with van der Waals surface area (Å²) in [5, 5.41) is 16.1. The first-order valence-corrected chi connectivity index (χ1v) is 7.85. The molecule has 1 heterocycles. The number of para-hydroxylation sites is 1. The normalized spacial score (nSPS) is 20.8. The van der Waals surface area contributed by atoms with Crippen LogP contribution in [0.15, 0.2) is 36.5 Å². The summed E-state index contributed by atoms with van der Waals surface area (Å²) in [6.07, 6.45) is 4.95. The Labute approximate surface area is 135 Å². The lowest BCUT2D eigenvalue weighted by Crippen LogP contribution is -2.29. The maximum atomic E-state index is 9.58. The van der Waals surface area contributed by atoms with E-state index in [2.05, 4.69) is 26.0 Å². The summed E-state index contributed by atoms with van der Waals surface area (Å²) in [6.45, 7) is 0. The van der Waals surface area contributed by atoms with Gasteiger partial charge in [0.2, 0.25) is 5.95 Å². The molecule has 7 heteroatoms. The number of rotatable bonds is 5. The molecule has 3 rings (SSSR count). The highest BCUT2D eigenvalue weighted by Crippen LogP contribution is 2.25. The Kier molecular flexibility index (Phi) is 4.89. The van der Waals surface area contributed by atoms with Gasteiger partial charge in [0, 0.05) is 11.7 Å². The Balaban J connectivity index is 1.73. The first kappa shape index (κ1) is 15.5. The number of benzene rings is 1. The van der Waals surface area contributed by atoms with Gasteiger partial charge in [-0.25, -0.2) is 4.98 Å². The molecule has 0 aliphatic heterocycles. The van der Waals surface area contributed by atoms with Gasteiger partial charge < -0.3 is 21.2 Å².